The van der Waals surface area contributed by atoms with Gasteiger partial charge in [-0.1, -0.05) is 84.0 Å². The third-order valence-corrected chi connectivity index (χ3v) is 4.96. The Morgan fingerprint density at radius 2 is 1.22 bits per heavy atom. The van der Waals surface area contributed by atoms with Crippen LogP contribution < -0.4 is 10.1 Å². The molecule has 1 amide bonds. The van der Waals surface area contributed by atoms with Gasteiger partial charge in [0, 0.05) is 12.1 Å². The van der Waals surface area contributed by atoms with Crippen molar-refractivity contribution in [3.63, 3.8) is 0 Å². The van der Waals surface area contributed by atoms with Gasteiger partial charge in [0.1, 0.15) is 5.75 Å². The summed E-state index contributed by atoms with van der Waals surface area (Å²) in [4.78, 5) is 12.0. The minimum Gasteiger partial charge on any atom is -0.494 e. The molecule has 1 aromatic carbocycles. The Kier molecular flexibility index (Phi) is 14.5. The first-order valence-electron chi connectivity index (χ1n) is 11.3. The van der Waals surface area contributed by atoms with Crippen LogP contribution in [0.4, 0.5) is 5.69 Å². The highest BCUT2D eigenvalue weighted by Crippen LogP contribution is 2.16. The predicted octanol–water partition coefficient (Wildman–Crippen LogP) is 7.51. The summed E-state index contributed by atoms with van der Waals surface area (Å²) in [7, 11) is 0. The van der Waals surface area contributed by atoms with Crippen LogP contribution in [0, 0.1) is 0 Å². The van der Waals surface area contributed by atoms with Crippen molar-refractivity contribution >= 4 is 11.6 Å². The average Bonchev–Trinajstić information content (AvgIpc) is 2.67. The summed E-state index contributed by atoms with van der Waals surface area (Å²) >= 11 is 0. The molecule has 0 fully saturated rings. The Bertz CT molecular complexity index is 470. The number of anilines is 1. The maximum Gasteiger partial charge on any atom is 0.224 e. The van der Waals surface area contributed by atoms with Crippen LogP contribution in [-0.2, 0) is 4.79 Å². The largest absolute Gasteiger partial charge is 0.494 e. The zero-order valence-electron chi connectivity index (χ0n) is 17.7. The molecule has 0 saturated carbocycles. The minimum absolute atomic E-state index is 0.113. The molecule has 0 atom stereocenters. The summed E-state index contributed by atoms with van der Waals surface area (Å²) in [6, 6.07) is 7.58. The van der Waals surface area contributed by atoms with Gasteiger partial charge in [-0.05, 0) is 37.6 Å². The smallest absolute Gasteiger partial charge is 0.224 e. The molecule has 1 aromatic rings. The number of hydrogen-bond donors (Lipinski definition) is 1. The molecule has 0 spiro atoms. The van der Waals surface area contributed by atoms with Crippen molar-refractivity contribution < 1.29 is 9.53 Å². The third kappa shape index (κ3) is 13.3. The van der Waals surface area contributed by atoms with Crippen molar-refractivity contribution in [1.29, 1.82) is 0 Å². The number of unbranched alkanes of at least 4 members (excludes halogenated alkanes) is 12. The predicted molar refractivity (Wildman–Crippen MR) is 117 cm³/mol. The Labute approximate surface area is 167 Å². The molecule has 0 aliphatic rings. The Balaban J connectivity index is 1.90. The number of benzene rings is 1. The summed E-state index contributed by atoms with van der Waals surface area (Å²) < 4.78 is 5.41. The zero-order valence-corrected chi connectivity index (χ0v) is 17.7. The van der Waals surface area contributed by atoms with Gasteiger partial charge in [-0.3, -0.25) is 4.79 Å². The van der Waals surface area contributed by atoms with E-state index < -0.39 is 0 Å². The summed E-state index contributed by atoms with van der Waals surface area (Å²) in [6.45, 7) is 4.89. The van der Waals surface area contributed by atoms with Crippen LogP contribution >= 0.6 is 0 Å². The molecule has 0 aromatic heterocycles. The van der Waals surface area contributed by atoms with Crippen molar-refractivity contribution in [3.8, 4) is 5.75 Å². The molecule has 27 heavy (non-hydrogen) atoms. The van der Waals surface area contributed by atoms with Gasteiger partial charge in [0.15, 0.2) is 0 Å². The topological polar surface area (TPSA) is 38.3 Å². The maximum absolute atomic E-state index is 12.0. The van der Waals surface area contributed by atoms with Gasteiger partial charge in [-0.25, -0.2) is 0 Å². The van der Waals surface area contributed by atoms with Crippen molar-refractivity contribution in [1.82, 2.24) is 0 Å². The molecule has 3 heteroatoms. The Hall–Kier alpha value is -1.51. The standard InChI is InChI=1S/C24H41NO2/c1-3-5-6-7-8-9-10-11-12-13-14-15-16-17-24(26)25-22-18-20-23(21-19-22)27-4-2/h18-21H,3-17H2,1-2H3,(H,25,26). The highest BCUT2D eigenvalue weighted by molar-refractivity contribution is 5.90. The molecule has 154 valence electrons. The van der Waals surface area contributed by atoms with Crippen LogP contribution in [0.2, 0.25) is 0 Å². The van der Waals surface area contributed by atoms with E-state index in [2.05, 4.69) is 12.2 Å². The second kappa shape index (κ2) is 16.6. The fraction of sp³-hybridized carbons (Fsp3) is 0.708. The highest BCUT2D eigenvalue weighted by atomic mass is 16.5. The molecular weight excluding hydrogens is 334 g/mol. The molecular formula is C24H41NO2. The monoisotopic (exact) mass is 375 g/mol. The van der Waals surface area contributed by atoms with E-state index in [0.29, 0.717) is 13.0 Å². The van der Waals surface area contributed by atoms with E-state index in [1.54, 1.807) is 0 Å². The lowest BCUT2D eigenvalue weighted by Gasteiger charge is -2.07. The van der Waals surface area contributed by atoms with Crippen LogP contribution in [0.5, 0.6) is 5.75 Å². The van der Waals surface area contributed by atoms with E-state index in [1.807, 2.05) is 31.2 Å². The summed E-state index contributed by atoms with van der Waals surface area (Å²) in [5, 5.41) is 2.96. The highest BCUT2D eigenvalue weighted by Gasteiger charge is 2.03. The van der Waals surface area contributed by atoms with Crippen LogP contribution in [0.15, 0.2) is 24.3 Å². The van der Waals surface area contributed by atoms with E-state index >= 15 is 0 Å². The van der Waals surface area contributed by atoms with Crippen molar-refractivity contribution in [2.45, 2.75) is 104 Å². The SMILES string of the molecule is CCCCCCCCCCCCCCCC(=O)Nc1ccc(OCC)cc1. The lowest BCUT2D eigenvalue weighted by molar-refractivity contribution is -0.116. The van der Waals surface area contributed by atoms with E-state index in [4.69, 9.17) is 4.74 Å². The second-order valence-corrected chi connectivity index (χ2v) is 7.50. The van der Waals surface area contributed by atoms with Crippen LogP contribution in [0.3, 0.4) is 0 Å². The number of amides is 1. The molecule has 0 radical (unpaired) electrons. The van der Waals surface area contributed by atoms with Crippen molar-refractivity contribution in [2.75, 3.05) is 11.9 Å². The van der Waals surface area contributed by atoms with Crippen molar-refractivity contribution in [2.24, 2.45) is 0 Å². The normalized spacial score (nSPS) is 10.7. The van der Waals surface area contributed by atoms with Crippen LogP contribution in [-0.4, -0.2) is 12.5 Å². The number of carbonyl (C=O) groups is 1. The number of ether oxygens (including phenoxy) is 1. The van der Waals surface area contributed by atoms with E-state index in [0.717, 1.165) is 24.3 Å². The second-order valence-electron chi connectivity index (χ2n) is 7.50. The number of rotatable bonds is 17. The van der Waals surface area contributed by atoms with Gasteiger partial charge in [0.25, 0.3) is 0 Å². The fourth-order valence-corrected chi connectivity index (χ4v) is 3.33. The lowest BCUT2D eigenvalue weighted by atomic mass is 10.0. The number of carbonyl (C=O) groups excluding carboxylic acids is 1. The molecule has 0 unspecified atom stereocenters. The van der Waals surface area contributed by atoms with Gasteiger partial charge >= 0.3 is 0 Å². The molecule has 3 nitrogen and oxygen atoms in total. The molecule has 0 bridgehead atoms. The summed E-state index contributed by atoms with van der Waals surface area (Å²) in [5.41, 5.74) is 0.846. The Morgan fingerprint density at radius 1 is 0.741 bits per heavy atom. The molecule has 0 aliphatic carbocycles. The van der Waals surface area contributed by atoms with Gasteiger partial charge in [0.05, 0.1) is 6.61 Å². The molecule has 0 saturated heterocycles. The van der Waals surface area contributed by atoms with E-state index in [1.165, 1.54) is 70.6 Å². The van der Waals surface area contributed by atoms with Gasteiger partial charge in [-0.15, -0.1) is 0 Å². The van der Waals surface area contributed by atoms with Crippen LogP contribution in [0.1, 0.15) is 104 Å². The molecule has 1 N–H and O–H groups in total. The molecule has 0 aliphatic heterocycles. The maximum atomic E-state index is 12.0. The quantitative estimate of drug-likeness (QED) is 0.286. The van der Waals surface area contributed by atoms with Gasteiger partial charge in [-0.2, -0.15) is 0 Å². The Morgan fingerprint density at radius 3 is 1.70 bits per heavy atom. The minimum atomic E-state index is 0.113. The first-order valence-corrected chi connectivity index (χ1v) is 11.3. The average molecular weight is 376 g/mol. The van der Waals surface area contributed by atoms with Gasteiger partial charge < -0.3 is 10.1 Å². The fourth-order valence-electron chi connectivity index (χ4n) is 3.33. The zero-order chi connectivity index (χ0) is 19.6. The number of hydrogen-bond acceptors (Lipinski definition) is 2. The van der Waals surface area contributed by atoms with E-state index in [9.17, 15) is 4.79 Å². The molecule has 0 heterocycles. The summed E-state index contributed by atoms with van der Waals surface area (Å²) in [5.74, 6) is 0.953. The summed E-state index contributed by atoms with van der Waals surface area (Å²) in [6.07, 6.45) is 17.9. The number of nitrogens with one attached hydrogen (secondary N) is 1. The molecule has 1 rings (SSSR count). The first kappa shape index (κ1) is 23.5. The van der Waals surface area contributed by atoms with Gasteiger partial charge in [0.2, 0.25) is 5.91 Å². The third-order valence-electron chi connectivity index (χ3n) is 4.96. The lowest BCUT2D eigenvalue weighted by Crippen LogP contribution is -2.10. The van der Waals surface area contributed by atoms with E-state index in [-0.39, 0.29) is 5.91 Å². The first-order chi connectivity index (χ1) is 13.3. The van der Waals surface area contributed by atoms with Crippen molar-refractivity contribution in [3.05, 3.63) is 24.3 Å². The van der Waals surface area contributed by atoms with Crippen LogP contribution in [0.25, 0.3) is 0 Å².